The number of piperazine rings is 1. The first kappa shape index (κ1) is 21.0. The molecule has 0 radical (unpaired) electrons. The van der Waals surface area contributed by atoms with Gasteiger partial charge in [0.1, 0.15) is 5.75 Å². The Labute approximate surface area is 189 Å². The monoisotopic (exact) mass is 536 g/mol. The van der Waals surface area contributed by atoms with Crippen molar-refractivity contribution >= 4 is 38.4 Å². The van der Waals surface area contributed by atoms with E-state index in [4.69, 9.17) is 4.74 Å². The fourth-order valence-electron chi connectivity index (χ4n) is 3.32. The first-order valence-electron chi connectivity index (χ1n) is 9.46. The van der Waals surface area contributed by atoms with Gasteiger partial charge in [-0.2, -0.15) is 4.31 Å². The van der Waals surface area contributed by atoms with Crippen LogP contribution in [-0.2, 0) is 10.0 Å². The van der Waals surface area contributed by atoms with Gasteiger partial charge in [0, 0.05) is 35.3 Å². The fraction of sp³-hybridized carbons (Fsp3) is 0.238. The van der Waals surface area contributed by atoms with Crippen molar-refractivity contribution in [3.63, 3.8) is 0 Å². The molecule has 0 N–H and O–H groups in total. The first-order chi connectivity index (χ1) is 14.5. The molecule has 1 aliphatic rings. The molecule has 1 saturated heterocycles. The van der Waals surface area contributed by atoms with Gasteiger partial charge in [-0.25, -0.2) is 8.42 Å². The molecule has 0 spiro atoms. The molecular weight excluding hydrogens is 515 g/mol. The number of aromatic nitrogens is 2. The molecule has 156 valence electrons. The predicted molar refractivity (Wildman–Crippen MR) is 124 cm³/mol. The molecule has 4 rings (SSSR count). The Morgan fingerprint density at radius 3 is 2.10 bits per heavy atom. The second-order valence-corrected chi connectivity index (χ2v) is 10.0. The largest absolute Gasteiger partial charge is 0.497 e. The Bertz CT molecular complexity index is 1100. The molecule has 0 saturated carbocycles. The van der Waals surface area contributed by atoms with Gasteiger partial charge in [0.05, 0.1) is 17.7 Å². The summed E-state index contributed by atoms with van der Waals surface area (Å²) in [6.45, 7) is 1.97. The Morgan fingerprint density at radius 2 is 1.53 bits per heavy atom. The summed E-state index contributed by atoms with van der Waals surface area (Å²) in [4.78, 5) is 2.39. The van der Waals surface area contributed by atoms with Crippen molar-refractivity contribution in [3.05, 3.63) is 64.2 Å². The van der Waals surface area contributed by atoms with Crippen LogP contribution in [0.3, 0.4) is 0 Å². The lowest BCUT2D eigenvalue weighted by Gasteiger charge is -2.34. The molecule has 2 aromatic carbocycles. The van der Waals surface area contributed by atoms with E-state index in [1.165, 1.54) is 4.31 Å². The van der Waals surface area contributed by atoms with Gasteiger partial charge in [0.15, 0.2) is 5.82 Å². The molecule has 0 atom stereocenters. The molecule has 3 aromatic rings. The zero-order chi connectivity index (χ0) is 21.1. The molecule has 7 nitrogen and oxygen atoms in total. The minimum Gasteiger partial charge on any atom is -0.497 e. The van der Waals surface area contributed by atoms with Gasteiger partial charge in [0.2, 0.25) is 10.0 Å². The molecule has 0 bridgehead atoms. The maximum atomic E-state index is 12.9. The SMILES string of the molecule is COc1ccc(-c2ccc(N3CCN(S(=O)(=O)c4ccc(I)cc4)CC3)nn2)cc1. The van der Waals surface area contributed by atoms with Gasteiger partial charge in [-0.1, -0.05) is 0 Å². The van der Waals surface area contributed by atoms with Crippen molar-refractivity contribution < 1.29 is 13.2 Å². The van der Waals surface area contributed by atoms with Gasteiger partial charge in [-0.3, -0.25) is 0 Å². The van der Waals surface area contributed by atoms with Crippen LogP contribution in [0, 0.1) is 3.57 Å². The highest BCUT2D eigenvalue weighted by Crippen LogP contribution is 2.23. The lowest BCUT2D eigenvalue weighted by atomic mass is 10.1. The summed E-state index contributed by atoms with van der Waals surface area (Å²) >= 11 is 2.16. The lowest BCUT2D eigenvalue weighted by Crippen LogP contribution is -2.49. The van der Waals surface area contributed by atoms with Crippen molar-refractivity contribution in [2.45, 2.75) is 4.90 Å². The van der Waals surface area contributed by atoms with Gasteiger partial charge in [0.25, 0.3) is 0 Å². The van der Waals surface area contributed by atoms with Gasteiger partial charge < -0.3 is 9.64 Å². The van der Waals surface area contributed by atoms with Crippen LogP contribution in [0.25, 0.3) is 11.3 Å². The van der Waals surface area contributed by atoms with Crippen molar-refractivity contribution in [2.75, 3.05) is 38.2 Å². The number of halogens is 1. The molecule has 1 aliphatic heterocycles. The average Bonchev–Trinajstić information content (AvgIpc) is 2.80. The topological polar surface area (TPSA) is 75.6 Å². The van der Waals surface area contributed by atoms with E-state index < -0.39 is 10.0 Å². The normalized spacial score (nSPS) is 15.2. The predicted octanol–water partition coefficient (Wildman–Crippen LogP) is 3.27. The van der Waals surface area contributed by atoms with Crippen LogP contribution in [0.4, 0.5) is 5.82 Å². The Hall–Kier alpha value is -2.24. The van der Waals surface area contributed by atoms with Crippen LogP contribution in [0.2, 0.25) is 0 Å². The number of rotatable bonds is 5. The Balaban J connectivity index is 1.42. The molecule has 0 amide bonds. The Kier molecular flexibility index (Phi) is 6.21. The average molecular weight is 536 g/mol. The number of methoxy groups -OCH3 is 1. The molecule has 2 heterocycles. The minimum atomic E-state index is -3.48. The van der Waals surface area contributed by atoms with Crippen LogP contribution in [-0.4, -0.2) is 56.2 Å². The van der Waals surface area contributed by atoms with E-state index in [1.807, 2.05) is 48.5 Å². The van der Waals surface area contributed by atoms with Crippen molar-refractivity contribution in [1.29, 1.82) is 0 Å². The summed E-state index contributed by atoms with van der Waals surface area (Å²) in [5.74, 6) is 1.54. The number of anilines is 1. The van der Waals surface area contributed by atoms with E-state index in [0.717, 1.165) is 26.4 Å². The molecular formula is C21H21IN4O3S. The maximum absolute atomic E-state index is 12.9. The summed E-state index contributed by atoms with van der Waals surface area (Å²) in [5, 5.41) is 8.69. The van der Waals surface area contributed by atoms with Crippen molar-refractivity contribution in [3.8, 4) is 17.0 Å². The lowest BCUT2D eigenvalue weighted by molar-refractivity contribution is 0.383. The molecule has 1 fully saturated rings. The van der Waals surface area contributed by atoms with Gasteiger partial charge >= 0.3 is 0 Å². The highest BCUT2D eigenvalue weighted by molar-refractivity contribution is 14.1. The molecule has 30 heavy (non-hydrogen) atoms. The van der Waals surface area contributed by atoms with Gasteiger partial charge in [-0.05, 0) is 83.3 Å². The Morgan fingerprint density at radius 1 is 0.867 bits per heavy atom. The zero-order valence-corrected chi connectivity index (χ0v) is 19.4. The van der Waals surface area contributed by atoms with E-state index >= 15 is 0 Å². The molecule has 0 aliphatic carbocycles. The van der Waals surface area contributed by atoms with Crippen LogP contribution in [0.1, 0.15) is 0 Å². The smallest absolute Gasteiger partial charge is 0.243 e. The summed E-state index contributed by atoms with van der Waals surface area (Å²) in [5.41, 5.74) is 1.74. The van der Waals surface area contributed by atoms with Gasteiger partial charge in [-0.15, -0.1) is 10.2 Å². The van der Waals surface area contributed by atoms with Crippen LogP contribution < -0.4 is 9.64 Å². The van der Waals surface area contributed by atoms with E-state index in [2.05, 4.69) is 37.7 Å². The summed E-state index contributed by atoms with van der Waals surface area (Å²) in [7, 11) is -1.84. The number of hydrogen-bond donors (Lipinski definition) is 0. The third-order valence-corrected chi connectivity index (χ3v) is 7.68. The second-order valence-electron chi connectivity index (χ2n) is 6.85. The third-order valence-electron chi connectivity index (χ3n) is 5.05. The number of sulfonamides is 1. The number of hydrogen-bond acceptors (Lipinski definition) is 6. The van der Waals surface area contributed by atoms with Crippen molar-refractivity contribution in [1.82, 2.24) is 14.5 Å². The quantitative estimate of drug-likeness (QED) is 0.467. The maximum Gasteiger partial charge on any atom is 0.243 e. The first-order valence-corrected chi connectivity index (χ1v) is 12.0. The number of ether oxygens (including phenoxy) is 1. The van der Waals surface area contributed by atoms with Crippen LogP contribution in [0.15, 0.2) is 65.6 Å². The standard InChI is InChI=1S/C21H21IN4O3S/c1-29-18-6-2-16(3-7-18)20-10-11-21(24-23-20)25-12-14-26(15-13-25)30(27,28)19-8-4-17(22)5-9-19/h2-11H,12-15H2,1H3. The molecule has 9 heteroatoms. The van der Waals surface area contributed by atoms with E-state index in [1.54, 1.807) is 19.2 Å². The van der Waals surface area contributed by atoms with Crippen LogP contribution in [0.5, 0.6) is 5.75 Å². The van der Waals surface area contributed by atoms with Crippen molar-refractivity contribution in [2.24, 2.45) is 0 Å². The van der Waals surface area contributed by atoms with E-state index in [9.17, 15) is 8.42 Å². The van der Waals surface area contributed by atoms with Crippen LogP contribution >= 0.6 is 22.6 Å². The summed E-state index contributed by atoms with van der Waals surface area (Å²) < 4.78 is 33.4. The molecule has 0 unspecified atom stereocenters. The summed E-state index contributed by atoms with van der Waals surface area (Å²) in [6.07, 6.45) is 0. The minimum absolute atomic E-state index is 0.333. The number of nitrogens with zero attached hydrogens (tertiary/aromatic N) is 4. The zero-order valence-electron chi connectivity index (χ0n) is 16.4. The molecule has 1 aromatic heterocycles. The third kappa shape index (κ3) is 4.42. The second kappa shape index (κ2) is 8.86. The highest BCUT2D eigenvalue weighted by Gasteiger charge is 2.29. The fourth-order valence-corrected chi connectivity index (χ4v) is 5.10. The highest BCUT2D eigenvalue weighted by atomic mass is 127. The van der Waals surface area contributed by atoms with E-state index in [0.29, 0.717) is 31.1 Å². The summed E-state index contributed by atoms with van der Waals surface area (Å²) in [6, 6.07) is 18.5. The number of benzene rings is 2. The van der Waals surface area contributed by atoms with E-state index in [-0.39, 0.29) is 0 Å².